The lowest BCUT2D eigenvalue weighted by atomic mass is 10.1. The topological polar surface area (TPSA) is 38.3 Å². The Hall–Kier alpha value is -1.35. The van der Waals surface area contributed by atoms with Gasteiger partial charge in [0.1, 0.15) is 0 Å². The van der Waals surface area contributed by atoms with E-state index in [0.717, 1.165) is 6.42 Å². The van der Waals surface area contributed by atoms with Gasteiger partial charge in [-0.2, -0.15) is 0 Å². The second-order valence-electron chi connectivity index (χ2n) is 3.22. The van der Waals surface area contributed by atoms with Crippen LogP contribution in [0.25, 0.3) is 0 Å². The van der Waals surface area contributed by atoms with Crippen molar-refractivity contribution >= 4 is 5.91 Å². The summed E-state index contributed by atoms with van der Waals surface area (Å²) in [5.74, 6) is -0.0889. The van der Waals surface area contributed by atoms with E-state index in [4.69, 9.17) is 0 Å². The molecule has 0 unspecified atom stereocenters. The first-order valence-corrected chi connectivity index (χ1v) is 4.59. The molecule has 0 atom stereocenters. The molecule has 0 bridgehead atoms. The molecule has 1 aromatic carbocycles. The highest BCUT2D eigenvalue weighted by atomic mass is 16.6. The minimum atomic E-state index is -0.0889. The van der Waals surface area contributed by atoms with Crippen LogP contribution in [0.15, 0.2) is 24.3 Å². The van der Waals surface area contributed by atoms with Gasteiger partial charge in [0.2, 0.25) is 5.91 Å². The summed E-state index contributed by atoms with van der Waals surface area (Å²) in [5.41, 5.74) is 4.69. The highest BCUT2D eigenvalue weighted by molar-refractivity contribution is 5.75. The van der Waals surface area contributed by atoms with Gasteiger partial charge in [0.15, 0.2) is 0 Å². The number of nitrogens with one attached hydrogen (secondary N) is 1. The maximum absolute atomic E-state index is 11.1. The van der Waals surface area contributed by atoms with Crippen molar-refractivity contribution in [3.63, 3.8) is 0 Å². The number of amides is 1. The lowest BCUT2D eigenvalue weighted by Crippen LogP contribution is -2.21. The molecule has 1 aromatic rings. The molecule has 0 saturated heterocycles. The Morgan fingerprint density at radius 2 is 2.29 bits per heavy atom. The first-order valence-electron chi connectivity index (χ1n) is 4.59. The van der Waals surface area contributed by atoms with Gasteiger partial charge in [-0.3, -0.25) is 9.63 Å². The minimum absolute atomic E-state index is 0.0889. The smallest absolute Gasteiger partial charge is 0.243 e. The van der Waals surface area contributed by atoms with E-state index in [1.165, 1.54) is 18.2 Å². The van der Waals surface area contributed by atoms with Crippen LogP contribution in [0.5, 0.6) is 0 Å². The largest absolute Gasteiger partial charge is 0.277 e. The van der Waals surface area contributed by atoms with Gasteiger partial charge in [-0.1, -0.05) is 29.8 Å². The molecule has 0 radical (unpaired) electrons. The number of hydrogen-bond acceptors (Lipinski definition) is 2. The summed E-state index contributed by atoms with van der Waals surface area (Å²) in [7, 11) is 1.44. The quantitative estimate of drug-likeness (QED) is 0.738. The van der Waals surface area contributed by atoms with Gasteiger partial charge in [0.25, 0.3) is 0 Å². The maximum Gasteiger partial charge on any atom is 0.243 e. The highest BCUT2D eigenvalue weighted by Crippen LogP contribution is 2.06. The number of carbonyl (C=O) groups excluding carboxylic acids is 1. The number of aryl methyl sites for hydroxylation is 2. The van der Waals surface area contributed by atoms with E-state index in [1.807, 2.05) is 25.1 Å². The molecule has 1 rings (SSSR count). The monoisotopic (exact) mass is 193 g/mol. The molecule has 14 heavy (non-hydrogen) atoms. The molecule has 0 heterocycles. The molecule has 3 nitrogen and oxygen atoms in total. The summed E-state index contributed by atoms with van der Waals surface area (Å²) in [6.07, 6.45) is 1.20. The standard InChI is InChI=1S/C11H15NO2/c1-9-4-3-5-10(8-9)6-7-11(13)12-14-2/h3-5,8H,6-7H2,1-2H3,(H,12,13). The number of hydroxylamine groups is 1. The fourth-order valence-electron chi connectivity index (χ4n) is 1.29. The van der Waals surface area contributed by atoms with Gasteiger partial charge in [-0.15, -0.1) is 0 Å². The average molecular weight is 193 g/mol. The summed E-state index contributed by atoms with van der Waals surface area (Å²) in [5, 5.41) is 0. The Labute approximate surface area is 84.0 Å². The molecule has 0 aliphatic carbocycles. The normalized spacial score (nSPS) is 9.86. The van der Waals surface area contributed by atoms with Crippen molar-refractivity contribution in [2.45, 2.75) is 19.8 Å². The predicted octanol–water partition coefficient (Wildman–Crippen LogP) is 1.61. The Morgan fingerprint density at radius 3 is 2.93 bits per heavy atom. The molecule has 0 aromatic heterocycles. The Balaban J connectivity index is 2.41. The van der Waals surface area contributed by atoms with Crippen molar-refractivity contribution in [1.29, 1.82) is 0 Å². The highest BCUT2D eigenvalue weighted by Gasteiger charge is 2.00. The van der Waals surface area contributed by atoms with Gasteiger partial charge in [-0.05, 0) is 18.9 Å². The van der Waals surface area contributed by atoms with E-state index in [2.05, 4.69) is 16.4 Å². The summed E-state index contributed by atoms with van der Waals surface area (Å²) >= 11 is 0. The van der Waals surface area contributed by atoms with Crippen molar-refractivity contribution < 1.29 is 9.63 Å². The van der Waals surface area contributed by atoms with Crippen molar-refractivity contribution in [2.75, 3.05) is 7.11 Å². The van der Waals surface area contributed by atoms with Gasteiger partial charge in [-0.25, -0.2) is 5.48 Å². The molecule has 3 heteroatoms. The van der Waals surface area contributed by atoms with Crippen LogP contribution in [0, 0.1) is 6.92 Å². The second-order valence-corrected chi connectivity index (χ2v) is 3.22. The molecule has 0 spiro atoms. The average Bonchev–Trinajstić information content (AvgIpc) is 2.15. The molecular weight excluding hydrogens is 178 g/mol. The van der Waals surface area contributed by atoms with Crippen molar-refractivity contribution in [3.8, 4) is 0 Å². The fraction of sp³-hybridized carbons (Fsp3) is 0.364. The lowest BCUT2D eigenvalue weighted by molar-refractivity contribution is -0.131. The zero-order valence-corrected chi connectivity index (χ0v) is 8.54. The number of carbonyl (C=O) groups is 1. The Morgan fingerprint density at radius 1 is 1.50 bits per heavy atom. The van der Waals surface area contributed by atoms with Crippen LogP contribution in [0.4, 0.5) is 0 Å². The lowest BCUT2D eigenvalue weighted by Gasteiger charge is -2.02. The number of benzene rings is 1. The second kappa shape index (κ2) is 5.40. The van der Waals surface area contributed by atoms with Gasteiger partial charge >= 0.3 is 0 Å². The molecule has 0 saturated carbocycles. The van der Waals surface area contributed by atoms with Crippen LogP contribution in [0.1, 0.15) is 17.5 Å². The maximum atomic E-state index is 11.1. The zero-order valence-electron chi connectivity index (χ0n) is 8.54. The van der Waals surface area contributed by atoms with E-state index in [0.29, 0.717) is 6.42 Å². The first-order chi connectivity index (χ1) is 6.72. The van der Waals surface area contributed by atoms with E-state index in [9.17, 15) is 4.79 Å². The molecule has 1 N–H and O–H groups in total. The summed E-state index contributed by atoms with van der Waals surface area (Å²) < 4.78 is 0. The third kappa shape index (κ3) is 3.58. The Bertz CT molecular complexity index is 310. The summed E-state index contributed by atoms with van der Waals surface area (Å²) in [6.45, 7) is 2.04. The van der Waals surface area contributed by atoms with Crippen LogP contribution in [-0.4, -0.2) is 13.0 Å². The molecule has 1 amide bonds. The van der Waals surface area contributed by atoms with Crippen LogP contribution in [-0.2, 0) is 16.1 Å². The van der Waals surface area contributed by atoms with Crippen molar-refractivity contribution in [1.82, 2.24) is 5.48 Å². The van der Waals surface area contributed by atoms with Gasteiger partial charge in [0, 0.05) is 6.42 Å². The van der Waals surface area contributed by atoms with E-state index in [1.54, 1.807) is 0 Å². The zero-order chi connectivity index (χ0) is 10.4. The van der Waals surface area contributed by atoms with Crippen molar-refractivity contribution in [2.24, 2.45) is 0 Å². The molecule has 76 valence electrons. The first kappa shape index (κ1) is 10.7. The van der Waals surface area contributed by atoms with Gasteiger partial charge in [0.05, 0.1) is 7.11 Å². The molecule has 0 fully saturated rings. The number of hydrogen-bond donors (Lipinski definition) is 1. The van der Waals surface area contributed by atoms with Crippen LogP contribution in [0.3, 0.4) is 0 Å². The van der Waals surface area contributed by atoms with Crippen LogP contribution < -0.4 is 5.48 Å². The van der Waals surface area contributed by atoms with E-state index in [-0.39, 0.29) is 5.91 Å². The Kier molecular flexibility index (Phi) is 4.13. The molecular formula is C11H15NO2. The van der Waals surface area contributed by atoms with Gasteiger partial charge < -0.3 is 0 Å². The fourth-order valence-corrected chi connectivity index (χ4v) is 1.29. The predicted molar refractivity (Wildman–Crippen MR) is 54.7 cm³/mol. The van der Waals surface area contributed by atoms with E-state index < -0.39 is 0 Å². The van der Waals surface area contributed by atoms with Crippen LogP contribution in [0.2, 0.25) is 0 Å². The summed E-state index contributed by atoms with van der Waals surface area (Å²) in [6, 6.07) is 8.14. The van der Waals surface area contributed by atoms with Crippen LogP contribution >= 0.6 is 0 Å². The third-order valence-electron chi connectivity index (χ3n) is 1.94. The third-order valence-corrected chi connectivity index (χ3v) is 1.94. The molecule has 0 aliphatic heterocycles. The summed E-state index contributed by atoms with van der Waals surface area (Å²) in [4.78, 5) is 15.6. The molecule has 0 aliphatic rings. The van der Waals surface area contributed by atoms with Crippen molar-refractivity contribution in [3.05, 3.63) is 35.4 Å². The SMILES string of the molecule is CONC(=O)CCc1cccc(C)c1. The minimum Gasteiger partial charge on any atom is -0.277 e. The van der Waals surface area contributed by atoms with E-state index >= 15 is 0 Å². The number of rotatable bonds is 4.